The molecule has 0 aliphatic carbocycles. The third-order valence-corrected chi connectivity index (χ3v) is 2.82. The molecule has 72 valence electrons. The second-order valence-corrected chi connectivity index (χ2v) is 3.66. The summed E-state index contributed by atoms with van der Waals surface area (Å²) in [5.41, 5.74) is 0.529. The summed E-state index contributed by atoms with van der Waals surface area (Å²) in [6.45, 7) is 0. The molecule has 0 fully saturated rings. The first-order valence-corrected chi connectivity index (χ1v) is 4.74. The smallest absolute Gasteiger partial charge is 0.339 e. The highest BCUT2D eigenvalue weighted by Crippen LogP contribution is 2.28. The van der Waals surface area contributed by atoms with Crippen LogP contribution in [0.3, 0.4) is 0 Å². The third kappa shape index (κ3) is 2.06. The Morgan fingerprint density at radius 2 is 2.29 bits per heavy atom. The molecule has 0 saturated heterocycles. The van der Waals surface area contributed by atoms with Crippen LogP contribution in [0.5, 0.6) is 0 Å². The van der Waals surface area contributed by atoms with Crippen molar-refractivity contribution in [2.45, 2.75) is 0 Å². The van der Waals surface area contributed by atoms with Gasteiger partial charge in [-0.25, -0.2) is 4.79 Å². The van der Waals surface area contributed by atoms with E-state index < -0.39 is 5.97 Å². The zero-order chi connectivity index (χ0) is 10.7. The van der Waals surface area contributed by atoms with E-state index in [1.165, 1.54) is 19.2 Å². The van der Waals surface area contributed by atoms with E-state index in [0.29, 0.717) is 10.0 Å². The molecule has 1 aromatic rings. The molecule has 0 amide bonds. The van der Waals surface area contributed by atoms with Crippen molar-refractivity contribution in [3.05, 3.63) is 32.8 Å². The molecule has 0 aliphatic heterocycles. The fourth-order valence-corrected chi connectivity index (χ4v) is 1.56. The van der Waals surface area contributed by atoms with Gasteiger partial charge in [0.15, 0.2) is 0 Å². The molecule has 0 atom stereocenters. The van der Waals surface area contributed by atoms with Gasteiger partial charge in [0.1, 0.15) is 0 Å². The number of esters is 1. The molecule has 5 heteroatoms. The molecule has 0 N–H and O–H groups in total. The number of carbonyl (C=O) groups excluding carboxylic acids is 1. The topological polar surface area (TPSA) is 50.1 Å². The molecule has 14 heavy (non-hydrogen) atoms. The first-order valence-electron chi connectivity index (χ1n) is 3.57. The SMILES string of the molecule is COC(=O)c1cc(C#N)cc(Br)c1Cl. The summed E-state index contributed by atoms with van der Waals surface area (Å²) in [6.07, 6.45) is 0. The summed E-state index contributed by atoms with van der Waals surface area (Å²) < 4.78 is 5.02. The minimum absolute atomic E-state index is 0.181. The number of rotatable bonds is 1. The third-order valence-electron chi connectivity index (χ3n) is 1.56. The van der Waals surface area contributed by atoms with Gasteiger partial charge < -0.3 is 4.74 Å². The van der Waals surface area contributed by atoms with Crippen LogP contribution in [0.25, 0.3) is 0 Å². The molecule has 0 heterocycles. The van der Waals surface area contributed by atoms with Crippen molar-refractivity contribution in [3.8, 4) is 6.07 Å². The van der Waals surface area contributed by atoms with Crippen LogP contribution in [0, 0.1) is 11.3 Å². The molecule has 3 nitrogen and oxygen atoms in total. The number of methoxy groups -OCH3 is 1. The van der Waals surface area contributed by atoms with E-state index in [0.717, 1.165) is 0 Å². The number of hydrogen-bond donors (Lipinski definition) is 0. The lowest BCUT2D eigenvalue weighted by atomic mass is 10.1. The Labute approximate surface area is 94.4 Å². The Kier molecular flexibility index (Phi) is 3.50. The van der Waals surface area contributed by atoms with Crippen molar-refractivity contribution in [1.82, 2.24) is 0 Å². The summed E-state index contributed by atoms with van der Waals surface area (Å²) in [6, 6.07) is 4.84. The van der Waals surface area contributed by atoms with Crippen LogP contribution in [-0.2, 0) is 4.74 Å². The number of halogens is 2. The number of benzene rings is 1. The van der Waals surface area contributed by atoms with Gasteiger partial charge >= 0.3 is 5.97 Å². The lowest BCUT2D eigenvalue weighted by Gasteiger charge is -2.04. The minimum atomic E-state index is -0.562. The van der Waals surface area contributed by atoms with E-state index in [9.17, 15) is 4.79 Å². The Morgan fingerprint density at radius 3 is 2.79 bits per heavy atom. The lowest BCUT2D eigenvalue weighted by molar-refractivity contribution is 0.0601. The van der Waals surface area contributed by atoms with Gasteiger partial charge in [0.2, 0.25) is 0 Å². The van der Waals surface area contributed by atoms with Crippen LogP contribution in [0.4, 0.5) is 0 Å². The number of hydrogen-bond acceptors (Lipinski definition) is 3. The zero-order valence-corrected chi connectivity index (χ0v) is 9.52. The highest BCUT2D eigenvalue weighted by molar-refractivity contribution is 9.10. The summed E-state index contributed by atoms with van der Waals surface area (Å²) in [7, 11) is 1.26. The maximum Gasteiger partial charge on any atom is 0.339 e. The van der Waals surface area contributed by atoms with E-state index in [-0.39, 0.29) is 10.6 Å². The molecular weight excluding hydrogens is 269 g/mol. The van der Waals surface area contributed by atoms with Gasteiger partial charge in [0.05, 0.1) is 29.3 Å². The number of carbonyl (C=O) groups is 1. The van der Waals surface area contributed by atoms with E-state index in [1.54, 1.807) is 0 Å². The van der Waals surface area contributed by atoms with Gasteiger partial charge in [0.25, 0.3) is 0 Å². The molecule has 0 unspecified atom stereocenters. The molecule has 1 aromatic carbocycles. The molecule has 0 aromatic heterocycles. The molecular formula is C9H5BrClNO2. The summed E-state index contributed by atoms with van der Waals surface area (Å²) in [5.74, 6) is -0.562. The number of ether oxygens (including phenoxy) is 1. The average molecular weight is 275 g/mol. The van der Waals surface area contributed by atoms with Crippen molar-refractivity contribution in [1.29, 1.82) is 5.26 Å². The fraction of sp³-hybridized carbons (Fsp3) is 0.111. The van der Waals surface area contributed by atoms with Crippen LogP contribution >= 0.6 is 27.5 Å². The standard InChI is InChI=1S/C9H5BrClNO2/c1-14-9(13)6-2-5(4-12)3-7(10)8(6)11/h2-3H,1H3. The van der Waals surface area contributed by atoms with Crippen molar-refractivity contribution in [3.63, 3.8) is 0 Å². The Morgan fingerprint density at radius 1 is 1.64 bits per heavy atom. The molecule has 0 radical (unpaired) electrons. The van der Waals surface area contributed by atoms with Crippen LogP contribution < -0.4 is 0 Å². The normalized spacial score (nSPS) is 9.29. The van der Waals surface area contributed by atoms with Gasteiger partial charge in [0, 0.05) is 4.47 Å². The Bertz CT molecular complexity index is 426. The van der Waals surface area contributed by atoms with Gasteiger partial charge in [-0.1, -0.05) is 11.6 Å². The van der Waals surface area contributed by atoms with E-state index in [1.807, 2.05) is 6.07 Å². The quantitative estimate of drug-likeness (QED) is 0.740. The zero-order valence-electron chi connectivity index (χ0n) is 7.17. The Hall–Kier alpha value is -1.05. The molecule has 0 aliphatic rings. The predicted molar refractivity (Wildman–Crippen MR) is 55.2 cm³/mol. The molecule has 0 saturated carbocycles. The van der Waals surface area contributed by atoms with Gasteiger partial charge in [-0.3, -0.25) is 0 Å². The van der Waals surface area contributed by atoms with Crippen LogP contribution in [-0.4, -0.2) is 13.1 Å². The van der Waals surface area contributed by atoms with Gasteiger partial charge in [-0.05, 0) is 28.1 Å². The molecule has 0 bridgehead atoms. The Balaban J connectivity index is 3.36. The van der Waals surface area contributed by atoms with Crippen molar-refractivity contribution < 1.29 is 9.53 Å². The maximum absolute atomic E-state index is 11.2. The van der Waals surface area contributed by atoms with E-state index in [4.69, 9.17) is 16.9 Å². The number of nitriles is 1. The van der Waals surface area contributed by atoms with Gasteiger partial charge in [-0.15, -0.1) is 0 Å². The summed E-state index contributed by atoms with van der Waals surface area (Å²) in [4.78, 5) is 11.2. The summed E-state index contributed by atoms with van der Waals surface area (Å²) in [5, 5.41) is 8.91. The molecule has 1 rings (SSSR count). The summed E-state index contributed by atoms with van der Waals surface area (Å²) >= 11 is 8.98. The van der Waals surface area contributed by atoms with E-state index in [2.05, 4.69) is 20.7 Å². The van der Waals surface area contributed by atoms with E-state index >= 15 is 0 Å². The highest BCUT2D eigenvalue weighted by Gasteiger charge is 2.14. The fourth-order valence-electron chi connectivity index (χ4n) is 0.912. The molecule has 0 spiro atoms. The monoisotopic (exact) mass is 273 g/mol. The average Bonchev–Trinajstić information content (AvgIpc) is 2.20. The van der Waals surface area contributed by atoms with Crippen LogP contribution in [0.2, 0.25) is 5.02 Å². The van der Waals surface area contributed by atoms with Crippen molar-refractivity contribution in [2.75, 3.05) is 7.11 Å². The van der Waals surface area contributed by atoms with Crippen molar-refractivity contribution in [2.24, 2.45) is 0 Å². The minimum Gasteiger partial charge on any atom is -0.465 e. The van der Waals surface area contributed by atoms with Gasteiger partial charge in [-0.2, -0.15) is 5.26 Å². The van der Waals surface area contributed by atoms with Crippen molar-refractivity contribution >= 4 is 33.5 Å². The van der Waals surface area contributed by atoms with Crippen LogP contribution in [0.15, 0.2) is 16.6 Å². The first-order chi connectivity index (χ1) is 6.60. The van der Waals surface area contributed by atoms with Crippen LogP contribution in [0.1, 0.15) is 15.9 Å². The first kappa shape index (κ1) is 11.0. The maximum atomic E-state index is 11.2. The largest absolute Gasteiger partial charge is 0.465 e. The lowest BCUT2D eigenvalue weighted by Crippen LogP contribution is -2.03. The second kappa shape index (κ2) is 4.45. The second-order valence-electron chi connectivity index (χ2n) is 2.42. The highest BCUT2D eigenvalue weighted by atomic mass is 79.9. The number of nitrogens with zero attached hydrogens (tertiary/aromatic N) is 1. The predicted octanol–water partition coefficient (Wildman–Crippen LogP) is 2.76.